The number of anilines is 2. The summed E-state index contributed by atoms with van der Waals surface area (Å²) < 4.78 is 2.87. The monoisotopic (exact) mass is 452 g/mol. The second-order valence-electron chi connectivity index (χ2n) is 7.14. The second kappa shape index (κ2) is 8.75. The van der Waals surface area contributed by atoms with Crippen molar-refractivity contribution in [2.45, 2.75) is 26.8 Å². The van der Waals surface area contributed by atoms with Crippen LogP contribution in [-0.2, 0) is 6.54 Å². The fraction of sp³-hybridized carbons (Fsp3) is 0.238. The molecule has 0 aromatic carbocycles. The third kappa shape index (κ3) is 3.92. The molecule has 0 spiro atoms. The number of ketones is 1. The zero-order chi connectivity index (χ0) is 22.8. The highest BCUT2D eigenvalue weighted by atomic mass is 35.5. The molecule has 4 rings (SSSR count). The maximum atomic E-state index is 13.4. The van der Waals surface area contributed by atoms with Gasteiger partial charge in [0.1, 0.15) is 17.2 Å². The molecular formula is C21H21ClN8O2. The van der Waals surface area contributed by atoms with Crippen molar-refractivity contribution in [2.24, 2.45) is 0 Å². The molecule has 0 amide bonds. The van der Waals surface area contributed by atoms with Gasteiger partial charge < -0.3 is 10.6 Å². The van der Waals surface area contributed by atoms with Gasteiger partial charge in [0.25, 0.3) is 5.56 Å². The van der Waals surface area contributed by atoms with Crippen LogP contribution in [0.3, 0.4) is 0 Å². The number of aromatic nitrogens is 6. The van der Waals surface area contributed by atoms with Crippen molar-refractivity contribution < 1.29 is 4.79 Å². The van der Waals surface area contributed by atoms with Gasteiger partial charge in [-0.1, -0.05) is 24.6 Å². The second-order valence-corrected chi connectivity index (χ2v) is 7.55. The lowest BCUT2D eigenvalue weighted by Crippen LogP contribution is -2.33. The molecule has 0 saturated carbocycles. The van der Waals surface area contributed by atoms with Gasteiger partial charge in [-0.3, -0.25) is 9.59 Å². The number of pyridine rings is 1. The van der Waals surface area contributed by atoms with Gasteiger partial charge >= 0.3 is 0 Å². The Bertz CT molecular complexity index is 1350. The number of fused-ring (bicyclic) bond motifs is 1. The summed E-state index contributed by atoms with van der Waals surface area (Å²) in [5.41, 5.74) is 6.05. The molecule has 2 N–H and O–H groups in total. The summed E-state index contributed by atoms with van der Waals surface area (Å²) in [7, 11) is 0. The normalized spacial score (nSPS) is 11.1. The van der Waals surface area contributed by atoms with Crippen LogP contribution in [0.25, 0.3) is 11.3 Å². The van der Waals surface area contributed by atoms with Crippen LogP contribution < -0.4 is 16.2 Å². The van der Waals surface area contributed by atoms with E-state index in [1.54, 1.807) is 36.7 Å². The van der Waals surface area contributed by atoms with Gasteiger partial charge in [-0.05, 0) is 31.5 Å². The van der Waals surface area contributed by atoms with E-state index in [0.29, 0.717) is 34.6 Å². The summed E-state index contributed by atoms with van der Waals surface area (Å²) in [5.74, 6) is 1.05. The predicted molar refractivity (Wildman–Crippen MR) is 121 cm³/mol. The molecule has 0 aliphatic rings. The number of nitrogens with two attached hydrogens (primary N) is 1. The molecule has 0 bridgehead atoms. The predicted octanol–water partition coefficient (Wildman–Crippen LogP) is 2.53. The maximum Gasteiger partial charge on any atom is 0.285 e. The molecule has 164 valence electrons. The minimum absolute atomic E-state index is 0.0498. The maximum absolute atomic E-state index is 13.4. The average molecular weight is 453 g/mol. The van der Waals surface area contributed by atoms with E-state index in [9.17, 15) is 9.59 Å². The number of nitrogen functional groups attached to an aromatic ring is 1. The molecule has 4 aromatic rings. The molecule has 4 heterocycles. The highest BCUT2D eigenvalue weighted by Crippen LogP contribution is 2.22. The van der Waals surface area contributed by atoms with Crippen molar-refractivity contribution in [3.05, 3.63) is 69.6 Å². The van der Waals surface area contributed by atoms with E-state index >= 15 is 0 Å². The lowest BCUT2D eigenvalue weighted by molar-refractivity contribution is 0.101. The number of nitrogens with zero attached hydrogens (tertiary/aromatic N) is 7. The van der Waals surface area contributed by atoms with Crippen LogP contribution >= 0.6 is 11.6 Å². The molecule has 32 heavy (non-hydrogen) atoms. The Morgan fingerprint density at radius 2 is 2.06 bits per heavy atom. The minimum Gasteiger partial charge on any atom is -0.368 e. The van der Waals surface area contributed by atoms with Crippen molar-refractivity contribution in [1.82, 2.24) is 29.1 Å². The topological polar surface area (TPSA) is 124 Å². The summed E-state index contributed by atoms with van der Waals surface area (Å²) >= 11 is 6.24. The Morgan fingerprint density at radius 1 is 1.25 bits per heavy atom. The van der Waals surface area contributed by atoms with Crippen molar-refractivity contribution >= 4 is 34.7 Å². The van der Waals surface area contributed by atoms with Crippen LogP contribution in [0, 0.1) is 0 Å². The van der Waals surface area contributed by atoms with Crippen molar-refractivity contribution in [3.63, 3.8) is 0 Å². The fourth-order valence-corrected chi connectivity index (χ4v) is 3.70. The summed E-state index contributed by atoms with van der Waals surface area (Å²) in [6, 6.07) is 6.87. The Hall–Kier alpha value is -3.79. The quantitative estimate of drug-likeness (QED) is 0.424. The lowest BCUT2D eigenvalue weighted by atomic mass is 10.2. The smallest absolute Gasteiger partial charge is 0.285 e. The molecule has 0 atom stereocenters. The van der Waals surface area contributed by atoms with Crippen LogP contribution in [0.4, 0.5) is 11.8 Å². The van der Waals surface area contributed by atoms with Gasteiger partial charge in [0.2, 0.25) is 5.95 Å². The molecule has 0 radical (unpaired) electrons. The molecular weight excluding hydrogens is 432 g/mol. The van der Waals surface area contributed by atoms with Crippen LogP contribution in [0.1, 0.15) is 36.5 Å². The third-order valence-corrected chi connectivity index (χ3v) is 5.18. The van der Waals surface area contributed by atoms with Crippen LogP contribution in [0.15, 0.2) is 47.7 Å². The van der Waals surface area contributed by atoms with Crippen LogP contribution in [0.5, 0.6) is 0 Å². The van der Waals surface area contributed by atoms with Gasteiger partial charge in [-0.2, -0.15) is 10.1 Å². The van der Waals surface area contributed by atoms with Crippen LogP contribution in [0.2, 0.25) is 5.02 Å². The van der Waals surface area contributed by atoms with Crippen LogP contribution in [-0.4, -0.2) is 41.5 Å². The number of rotatable bonds is 7. The SMILES string of the molecule is CCCN(Cc1nn2ccc(Cl)c2c(=O)n1-c1ccccn1)c1nc(N)ncc1C(C)=O. The molecule has 11 heteroatoms. The first kappa shape index (κ1) is 21.4. The highest BCUT2D eigenvalue weighted by molar-refractivity contribution is 6.33. The van der Waals surface area contributed by atoms with Gasteiger partial charge in [0, 0.05) is 25.1 Å². The van der Waals surface area contributed by atoms with Crippen molar-refractivity contribution in [3.8, 4) is 5.82 Å². The van der Waals surface area contributed by atoms with Gasteiger partial charge in [-0.25, -0.2) is 19.1 Å². The zero-order valence-corrected chi connectivity index (χ0v) is 18.3. The largest absolute Gasteiger partial charge is 0.368 e. The molecule has 0 fully saturated rings. The van der Waals surface area contributed by atoms with E-state index in [1.165, 1.54) is 22.2 Å². The molecule has 0 aliphatic carbocycles. The molecule has 4 aromatic heterocycles. The highest BCUT2D eigenvalue weighted by Gasteiger charge is 2.22. The zero-order valence-electron chi connectivity index (χ0n) is 17.6. The first-order chi connectivity index (χ1) is 15.4. The summed E-state index contributed by atoms with van der Waals surface area (Å²) in [4.78, 5) is 40.1. The van der Waals surface area contributed by atoms with Gasteiger partial charge in [0.05, 0.1) is 17.1 Å². The minimum atomic E-state index is -0.353. The fourth-order valence-electron chi connectivity index (χ4n) is 3.48. The van der Waals surface area contributed by atoms with Gasteiger partial charge in [-0.15, -0.1) is 0 Å². The number of carbonyl (C=O) groups excluding carboxylic acids is 1. The number of Topliss-reactive ketones (excluding diaryl/α,β-unsaturated/α-hetero) is 1. The Morgan fingerprint density at radius 3 is 2.75 bits per heavy atom. The van der Waals surface area contributed by atoms with E-state index < -0.39 is 0 Å². The third-order valence-electron chi connectivity index (χ3n) is 4.87. The molecule has 0 aliphatic heterocycles. The average Bonchev–Trinajstić information content (AvgIpc) is 3.14. The number of halogens is 1. The Kier molecular flexibility index (Phi) is 5.87. The molecule has 10 nitrogen and oxygen atoms in total. The van der Waals surface area contributed by atoms with E-state index in [2.05, 4.69) is 20.1 Å². The standard InChI is InChI=1S/C21H21ClN8O2/c1-3-9-28(19-14(13(2)31)11-25-21(23)26-19)12-17-27-29-10-7-15(22)18(29)20(32)30(17)16-6-4-5-8-24-16/h4-8,10-11H,3,9,12H2,1-2H3,(H2,23,25,26). The lowest BCUT2D eigenvalue weighted by Gasteiger charge is -2.25. The number of hydrogen-bond donors (Lipinski definition) is 1. The Balaban J connectivity index is 1.92. The summed E-state index contributed by atoms with van der Waals surface area (Å²) in [6.07, 6.45) is 5.39. The Labute approximate surface area is 188 Å². The summed E-state index contributed by atoms with van der Waals surface area (Å²) in [6.45, 7) is 4.15. The van der Waals surface area contributed by atoms with Crippen molar-refractivity contribution in [1.29, 1.82) is 0 Å². The van der Waals surface area contributed by atoms with E-state index in [1.807, 2.05) is 11.8 Å². The molecule has 0 unspecified atom stereocenters. The van der Waals surface area contributed by atoms with Gasteiger partial charge in [0.15, 0.2) is 11.6 Å². The first-order valence-corrected chi connectivity index (χ1v) is 10.4. The van der Waals surface area contributed by atoms with E-state index in [-0.39, 0.29) is 29.4 Å². The van der Waals surface area contributed by atoms with E-state index in [4.69, 9.17) is 17.3 Å². The number of carbonyl (C=O) groups is 1. The van der Waals surface area contributed by atoms with Crippen molar-refractivity contribution in [2.75, 3.05) is 17.2 Å². The summed E-state index contributed by atoms with van der Waals surface area (Å²) in [5, 5.41) is 4.93. The number of hydrogen-bond acceptors (Lipinski definition) is 8. The first-order valence-electron chi connectivity index (χ1n) is 9.99. The molecule has 0 saturated heterocycles. The van der Waals surface area contributed by atoms with E-state index in [0.717, 1.165) is 6.42 Å².